The number of hydrogen-bond donors (Lipinski definition) is 0. The van der Waals surface area contributed by atoms with Crippen LogP contribution in [-0.2, 0) is 0 Å². The maximum absolute atomic E-state index is 5.37. The van der Waals surface area contributed by atoms with Gasteiger partial charge in [-0.05, 0) is 26.8 Å². The molecule has 1 saturated heterocycles. The Kier molecular flexibility index (Phi) is 5.83. The van der Waals surface area contributed by atoms with Gasteiger partial charge in [0.05, 0.1) is 7.11 Å². The summed E-state index contributed by atoms with van der Waals surface area (Å²) in [5.41, 5.74) is 1.15. The maximum Gasteiger partial charge on any atom is 0.126 e. The van der Waals surface area contributed by atoms with Gasteiger partial charge in [0.2, 0.25) is 0 Å². The lowest BCUT2D eigenvalue weighted by atomic mass is 10.1. The van der Waals surface area contributed by atoms with E-state index in [-0.39, 0.29) is 0 Å². The zero-order valence-corrected chi connectivity index (χ0v) is 13.7. The van der Waals surface area contributed by atoms with Gasteiger partial charge in [-0.25, -0.2) is 0 Å². The molecule has 1 unspecified atom stereocenters. The fourth-order valence-electron chi connectivity index (χ4n) is 3.11. The van der Waals surface area contributed by atoms with Crippen LogP contribution in [0.4, 0.5) is 0 Å². The molecule has 2 rings (SSSR count). The van der Waals surface area contributed by atoms with Gasteiger partial charge in [0, 0.05) is 43.8 Å². The largest absolute Gasteiger partial charge is 0.496 e. The van der Waals surface area contributed by atoms with Crippen LogP contribution in [0.15, 0.2) is 30.3 Å². The molecule has 1 aromatic carbocycles. The van der Waals surface area contributed by atoms with Crippen molar-refractivity contribution in [3.63, 3.8) is 0 Å². The van der Waals surface area contributed by atoms with Crippen molar-refractivity contribution in [3.05, 3.63) is 35.9 Å². The van der Waals surface area contributed by atoms with Crippen molar-refractivity contribution in [2.75, 3.05) is 33.3 Å². The van der Waals surface area contributed by atoms with Crippen LogP contribution in [0.2, 0.25) is 0 Å². The summed E-state index contributed by atoms with van der Waals surface area (Å²) < 4.78 is 5.37. The van der Waals surface area contributed by atoms with Crippen LogP contribution < -0.4 is 4.74 Å². The quantitative estimate of drug-likeness (QED) is 0.828. The minimum absolute atomic E-state index is 0.637. The first-order valence-corrected chi connectivity index (χ1v) is 7.89. The Morgan fingerprint density at radius 1 is 1.29 bits per heavy atom. The van der Waals surface area contributed by atoms with E-state index in [2.05, 4.69) is 48.8 Å². The van der Waals surface area contributed by atoms with Crippen LogP contribution >= 0.6 is 0 Å². The van der Waals surface area contributed by atoms with E-state index in [0.717, 1.165) is 30.9 Å². The number of hydrogen-bond acceptors (Lipinski definition) is 3. The van der Waals surface area contributed by atoms with E-state index in [1.54, 1.807) is 7.11 Å². The van der Waals surface area contributed by atoms with Crippen LogP contribution in [0.1, 0.15) is 26.3 Å². The molecule has 0 amide bonds. The topological polar surface area (TPSA) is 15.7 Å². The minimum atomic E-state index is 0.637. The average Bonchev–Trinajstić information content (AvgIpc) is 2.47. The molecule has 3 nitrogen and oxygen atoms in total. The first kappa shape index (κ1) is 16.1. The standard InChI is InChI=1S/C18H28N2O/c1-15(2)20-13-12-19(14-16(20)3)11-7-9-17-8-5-6-10-18(17)21-4/h5-10,15-16H,11-14H2,1-4H3. The molecule has 0 spiro atoms. The van der Waals surface area contributed by atoms with Crippen LogP contribution in [0.3, 0.4) is 0 Å². The SMILES string of the molecule is COc1ccccc1C=CCN1CCN(C(C)C)C(C)C1. The van der Waals surface area contributed by atoms with E-state index in [9.17, 15) is 0 Å². The number of rotatable bonds is 5. The van der Waals surface area contributed by atoms with Crippen molar-refractivity contribution in [2.45, 2.75) is 32.9 Å². The highest BCUT2D eigenvalue weighted by molar-refractivity contribution is 5.57. The molecule has 1 atom stereocenters. The van der Waals surface area contributed by atoms with Crippen molar-refractivity contribution in [3.8, 4) is 5.75 Å². The third kappa shape index (κ3) is 4.32. The molecule has 0 bridgehead atoms. The maximum atomic E-state index is 5.37. The second-order valence-corrected chi connectivity index (χ2v) is 6.08. The summed E-state index contributed by atoms with van der Waals surface area (Å²) in [4.78, 5) is 5.11. The Morgan fingerprint density at radius 3 is 2.71 bits per heavy atom. The van der Waals surface area contributed by atoms with Crippen LogP contribution in [0.5, 0.6) is 5.75 Å². The summed E-state index contributed by atoms with van der Waals surface area (Å²) in [7, 11) is 1.72. The average molecular weight is 288 g/mol. The molecule has 0 N–H and O–H groups in total. The predicted molar refractivity (Wildman–Crippen MR) is 89.8 cm³/mol. The summed E-state index contributed by atoms with van der Waals surface area (Å²) in [6, 6.07) is 9.43. The molecule has 1 aliphatic heterocycles. The first-order chi connectivity index (χ1) is 10.1. The number of ether oxygens (including phenoxy) is 1. The fraction of sp³-hybridized carbons (Fsp3) is 0.556. The molecule has 0 aliphatic carbocycles. The first-order valence-electron chi connectivity index (χ1n) is 7.89. The van der Waals surface area contributed by atoms with Gasteiger partial charge in [-0.3, -0.25) is 9.80 Å². The van der Waals surface area contributed by atoms with Gasteiger partial charge in [0.25, 0.3) is 0 Å². The van der Waals surface area contributed by atoms with Crippen LogP contribution in [0, 0.1) is 0 Å². The van der Waals surface area contributed by atoms with Gasteiger partial charge in [0.1, 0.15) is 5.75 Å². The van der Waals surface area contributed by atoms with E-state index >= 15 is 0 Å². The Bertz CT molecular complexity index is 470. The van der Waals surface area contributed by atoms with Crippen molar-refractivity contribution in [1.29, 1.82) is 0 Å². The molecule has 1 aromatic rings. The lowest BCUT2D eigenvalue weighted by molar-refractivity contribution is 0.0666. The Morgan fingerprint density at radius 2 is 2.05 bits per heavy atom. The zero-order valence-electron chi connectivity index (χ0n) is 13.7. The molecule has 1 aliphatic rings. The molecule has 21 heavy (non-hydrogen) atoms. The highest BCUT2D eigenvalue weighted by atomic mass is 16.5. The zero-order chi connectivity index (χ0) is 15.2. The molecule has 3 heteroatoms. The van der Waals surface area contributed by atoms with Crippen LogP contribution in [0.25, 0.3) is 6.08 Å². The van der Waals surface area contributed by atoms with Crippen molar-refractivity contribution in [2.24, 2.45) is 0 Å². The van der Waals surface area contributed by atoms with E-state index < -0.39 is 0 Å². The third-order valence-corrected chi connectivity index (χ3v) is 4.23. The van der Waals surface area contributed by atoms with Crippen molar-refractivity contribution >= 4 is 6.08 Å². The molecule has 0 radical (unpaired) electrons. The lowest BCUT2D eigenvalue weighted by Gasteiger charge is -2.41. The second kappa shape index (κ2) is 7.62. The molecule has 116 valence electrons. The number of para-hydroxylation sites is 1. The monoisotopic (exact) mass is 288 g/mol. The normalized spacial score (nSPS) is 21.3. The fourth-order valence-corrected chi connectivity index (χ4v) is 3.11. The highest BCUT2D eigenvalue weighted by Gasteiger charge is 2.24. The lowest BCUT2D eigenvalue weighted by Crippen LogP contribution is -2.54. The van der Waals surface area contributed by atoms with E-state index in [1.807, 2.05) is 18.2 Å². The third-order valence-electron chi connectivity index (χ3n) is 4.23. The molecular formula is C18H28N2O. The smallest absolute Gasteiger partial charge is 0.126 e. The van der Waals surface area contributed by atoms with Gasteiger partial charge in [0.15, 0.2) is 0 Å². The van der Waals surface area contributed by atoms with Gasteiger partial charge in [-0.1, -0.05) is 30.4 Å². The number of piperazine rings is 1. The molecule has 0 saturated carbocycles. The minimum Gasteiger partial charge on any atom is -0.496 e. The molecular weight excluding hydrogens is 260 g/mol. The van der Waals surface area contributed by atoms with Crippen molar-refractivity contribution < 1.29 is 4.74 Å². The molecule has 1 heterocycles. The predicted octanol–water partition coefficient (Wildman–Crippen LogP) is 3.12. The second-order valence-electron chi connectivity index (χ2n) is 6.08. The van der Waals surface area contributed by atoms with Gasteiger partial charge >= 0.3 is 0 Å². The van der Waals surface area contributed by atoms with E-state index in [1.165, 1.54) is 6.54 Å². The summed E-state index contributed by atoms with van der Waals surface area (Å²) in [6.45, 7) is 11.4. The highest BCUT2D eigenvalue weighted by Crippen LogP contribution is 2.19. The number of methoxy groups -OCH3 is 1. The molecule has 0 aromatic heterocycles. The van der Waals surface area contributed by atoms with Crippen molar-refractivity contribution in [1.82, 2.24) is 9.80 Å². The van der Waals surface area contributed by atoms with E-state index in [0.29, 0.717) is 12.1 Å². The molecule has 1 fully saturated rings. The van der Waals surface area contributed by atoms with E-state index in [4.69, 9.17) is 4.74 Å². The Balaban J connectivity index is 1.88. The summed E-state index contributed by atoms with van der Waals surface area (Å²) in [6.07, 6.45) is 4.41. The van der Waals surface area contributed by atoms with Gasteiger partial charge < -0.3 is 4.74 Å². The summed E-state index contributed by atoms with van der Waals surface area (Å²) in [5, 5.41) is 0. The van der Waals surface area contributed by atoms with Crippen LogP contribution in [-0.4, -0.2) is 55.2 Å². The number of nitrogens with zero attached hydrogens (tertiary/aromatic N) is 2. The number of benzene rings is 1. The summed E-state index contributed by atoms with van der Waals surface area (Å²) >= 11 is 0. The van der Waals surface area contributed by atoms with Gasteiger partial charge in [-0.15, -0.1) is 0 Å². The Hall–Kier alpha value is -1.32. The summed E-state index contributed by atoms with van der Waals surface area (Å²) in [5.74, 6) is 0.937. The Labute approximate surface area is 129 Å². The van der Waals surface area contributed by atoms with Gasteiger partial charge in [-0.2, -0.15) is 0 Å².